The van der Waals surface area contributed by atoms with Crippen LogP contribution in [0.3, 0.4) is 0 Å². The molecule has 1 saturated heterocycles. The number of carbonyl (C=O) groups is 2. The zero-order chi connectivity index (χ0) is 23.7. The monoisotopic (exact) mass is 492 g/mol. The lowest BCUT2D eigenvalue weighted by Gasteiger charge is -2.35. The zero-order valence-corrected chi connectivity index (χ0v) is 19.6. The Hall–Kier alpha value is -3.50. The highest BCUT2D eigenvalue weighted by Gasteiger charge is 2.32. The van der Waals surface area contributed by atoms with Gasteiger partial charge in [-0.1, -0.05) is 24.3 Å². The van der Waals surface area contributed by atoms with E-state index in [0.717, 1.165) is 11.1 Å². The van der Waals surface area contributed by atoms with E-state index < -0.39 is 0 Å². The van der Waals surface area contributed by atoms with Gasteiger partial charge in [0.25, 0.3) is 11.8 Å². The molecule has 5 rings (SSSR count). The SMILES string of the molecule is O=C1N=C(N2CCN(C3=NC(=O)/C(=C\c4ccc(O)cc4)S3)CC2)S/C1=C\c1ccc(O)cc1. The zero-order valence-electron chi connectivity index (χ0n) is 17.9. The third kappa shape index (κ3) is 4.87. The van der Waals surface area contributed by atoms with Gasteiger partial charge in [0.05, 0.1) is 9.81 Å². The molecule has 0 saturated carbocycles. The lowest BCUT2D eigenvalue weighted by atomic mass is 10.2. The van der Waals surface area contributed by atoms with Crippen molar-refractivity contribution in [3.8, 4) is 11.5 Å². The van der Waals surface area contributed by atoms with Crippen molar-refractivity contribution in [1.82, 2.24) is 9.80 Å². The second-order valence-corrected chi connectivity index (χ2v) is 9.80. The van der Waals surface area contributed by atoms with E-state index in [4.69, 9.17) is 0 Å². The van der Waals surface area contributed by atoms with E-state index in [-0.39, 0.29) is 23.3 Å². The molecule has 0 atom stereocenters. The number of hydrogen-bond acceptors (Lipinski definition) is 8. The normalized spacial score (nSPS) is 20.9. The van der Waals surface area contributed by atoms with Crippen molar-refractivity contribution in [2.75, 3.05) is 26.2 Å². The van der Waals surface area contributed by atoms with E-state index in [2.05, 4.69) is 19.8 Å². The highest BCUT2D eigenvalue weighted by Crippen LogP contribution is 2.33. The van der Waals surface area contributed by atoms with Crippen molar-refractivity contribution in [2.24, 2.45) is 9.98 Å². The first-order chi connectivity index (χ1) is 16.4. The first-order valence-electron chi connectivity index (χ1n) is 10.6. The number of phenolic OH excluding ortho intramolecular Hbond substituents is 2. The minimum Gasteiger partial charge on any atom is -0.508 e. The first kappa shape index (κ1) is 22.3. The molecule has 3 heterocycles. The highest BCUT2D eigenvalue weighted by atomic mass is 32.2. The predicted molar refractivity (Wildman–Crippen MR) is 135 cm³/mol. The van der Waals surface area contributed by atoms with Crippen molar-refractivity contribution in [2.45, 2.75) is 0 Å². The number of rotatable bonds is 2. The highest BCUT2D eigenvalue weighted by molar-refractivity contribution is 8.18. The minimum atomic E-state index is -0.263. The van der Waals surface area contributed by atoms with E-state index in [9.17, 15) is 19.8 Å². The molecule has 2 amide bonds. The number of aliphatic imine (C=N–C) groups is 2. The number of piperazine rings is 1. The smallest absolute Gasteiger partial charge is 0.286 e. The maximum atomic E-state index is 12.4. The van der Waals surface area contributed by atoms with Crippen LogP contribution in [-0.4, -0.2) is 68.3 Å². The van der Waals surface area contributed by atoms with Gasteiger partial charge in [0.1, 0.15) is 11.5 Å². The number of aromatic hydroxyl groups is 2. The molecular weight excluding hydrogens is 472 g/mol. The molecule has 2 N–H and O–H groups in total. The van der Waals surface area contributed by atoms with Crippen LogP contribution in [0.4, 0.5) is 0 Å². The summed E-state index contributed by atoms with van der Waals surface area (Å²) in [5.41, 5.74) is 1.65. The quantitative estimate of drug-likeness (QED) is 0.615. The first-order valence-corrected chi connectivity index (χ1v) is 12.2. The van der Waals surface area contributed by atoms with Crippen LogP contribution in [0.2, 0.25) is 0 Å². The third-order valence-corrected chi connectivity index (χ3v) is 7.51. The lowest BCUT2D eigenvalue weighted by Crippen LogP contribution is -2.49. The molecule has 3 aliphatic rings. The van der Waals surface area contributed by atoms with E-state index in [1.54, 1.807) is 60.7 Å². The van der Waals surface area contributed by atoms with E-state index in [1.165, 1.54) is 23.5 Å². The van der Waals surface area contributed by atoms with Gasteiger partial charge in [0.2, 0.25) is 0 Å². The van der Waals surface area contributed by atoms with E-state index >= 15 is 0 Å². The molecule has 34 heavy (non-hydrogen) atoms. The van der Waals surface area contributed by atoms with Crippen LogP contribution in [0, 0.1) is 0 Å². The maximum Gasteiger partial charge on any atom is 0.286 e. The average molecular weight is 493 g/mol. The van der Waals surface area contributed by atoms with Crippen LogP contribution in [0.1, 0.15) is 11.1 Å². The van der Waals surface area contributed by atoms with Crippen molar-refractivity contribution < 1.29 is 19.8 Å². The van der Waals surface area contributed by atoms with Crippen LogP contribution >= 0.6 is 23.5 Å². The molecule has 8 nitrogen and oxygen atoms in total. The minimum absolute atomic E-state index is 0.178. The molecule has 0 spiro atoms. The van der Waals surface area contributed by atoms with Gasteiger partial charge in [-0.15, -0.1) is 0 Å². The largest absolute Gasteiger partial charge is 0.508 e. The Morgan fingerprint density at radius 1 is 0.647 bits per heavy atom. The summed E-state index contributed by atoms with van der Waals surface area (Å²) in [5, 5.41) is 20.2. The van der Waals surface area contributed by atoms with Crippen LogP contribution < -0.4 is 0 Å². The summed E-state index contributed by atoms with van der Waals surface area (Å²) in [7, 11) is 0. The number of thioether (sulfide) groups is 2. The lowest BCUT2D eigenvalue weighted by molar-refractivity contribution is -0.114. The molecule has 0 aromatic heterocycles. The Kier molecular flexibility index (Phi) is 6.16. The van der Waals surface area contributed by atoms with E-state index in [0.29, 0.717) is 46.3 Å². The van der Waals surface area contributed by atoms with Crippen molar-refractivity contribution >= 4 is 57.8 Å². The van der Waals surface area contributed by atoms with Gasteiger partial charge in [0, 0.05) is 26.2 Å². The summed E-state index contributed by atoms with van der Waals surface area (Å²) in [4.78, 5) is 38.4. The van der Waals surface area contributed by atoms with Crippen LogP contribution in [0.5, 0.6) is 11.5 Å². The summed E-state index contributed by atoms with van der Waals surface area (Å²) in [6.07, 6.45) is 3.55. The fourth-order valence-corrected chi connectivity index (χ4v) is 5.53. The van der Waals surface area contributed by atoms with Gasteiger partial charge in [-0.05, 0) is 71.1 Å². The molecule has 3 aliphatic heterocycles. The average Bonchev–Trinajstić information content (AvgIpc) is 3.39. The second-order valence-electron chi connectivity index (χ2n) is 7.78. The molecule has 172 valence electrons. The van der Waals surface area contributed by atoms with Crippen molar-refractivity contribution in [1.29, 1.82) is 0 Å². The van der Waals surface area contributed by atoms with Crippen LogP contribution in [0.15, 0.2) is 68.3 Å². The van der Waals surface area contributed by atoms with Gasteiger partial charge in [-0.3, -0.25) is 9.59 Å². The molecule has 1 fully saturated rings. The molecule has 2 aromatic rings. The van der Waals surface area contributed by atoms with Gasteiger partial charge in [-0.25, -0.2) is 0 Å². The number of hydrogen-bond donors (Lipinski definition) is 2. The van der Waals surface area contributed by atoms with Crippen molar-refractivity contribution in [3.63, 3.8) is 0 Å². The van der Waals surface area contributed by atoms with Gasteiger partial charge < -0.3 is 20.0 Å². The predicted octanol–water partition coefficient (Wildman–Crippen LogP) is 3.36. The summed E-state index contributed by atoms with van der Waals surface area (Å²) in [6, 6.07) is 13.3. The third-order valence-electron chi connectivity index (χ3n) is 5.42. The Morgan fingerprint density at radius 3 is 1.35 bits per heavy atom. The Labute approximate surface area is 204 Å². The molecule has 0 aliphatic carbocycles. The number of benzene rings is 2. The van der Waals surface area contributed by atoms with Crippen molar-refractivity contribution in [3.05, 3.63) is 69.5 Å². The number of phenols is 2. The second kappa shape index (κ2) is 9.40. The summed E-state index contributed by atoms with van der Waals surface area (Å²) in [6.45, 7) is 2.65. The van der Waals surface area contributed by atoms with E-state index in [1.807, 2.05) is 0 Å². The fourth-order valence-electron chi connectivity index (χ4n) is 3.60. The van der Waals surface area contributed by atoms with Gasteiger partial charge in [-0.2, -0.15) is 9.98 Å². The molecule has 0 radical (unpaired) electrons. The number of amidine groups is 2. The molecule has 2 aromatic carbocycles. The molecule has 0 unspecified atom stereocenters. The molecular formula is C24H20N4O4S2. The number of carbonyl (C=O) groups excluding carboxylic acids is 2. The Balaban J connectivity index is 1.18. The Morgan fingerprint density at radius 2 is 1.00 bits per heavy atom. The maximum absolute atomic E-state index is 12.4. The number of amides is 2. The standard InChI is InChI=1S/C24H20N4O4S2/c29-17-5-1-15(2-6-17)13-19-21(31)25-23(33-19)27-9-11-28(12-10-27)24-26-22(32)20(34-24)14-16-3-7-18(30)8-4-16/h1-8,13-14,29-30H,9-12H2/b19-13-,20-14+. The van der Waals surface area contributed by atoms with Gasteiger partial charge in [0.15, 0.2) is 10.3 Å². The Bertz CT molecular complexity index is 1160. The van der Waals surface area contributed by atoms with Crippen LogP contribution in [0.25, 0.3) is 12.2 Å². The summed E-state index contributed by atoms with van der Waals surface area (Å²) in [5.74, 6) is -0.171. The number of nitrogens with zero attached hydrogens (tertiary/aromatic N) is 4. The molecule has 10 heteroatoms. The molecule has 0 bridgehead atoms. The summed E-state index contributed by atoms with van der Waals surface area (Å²) < 4.78 is 0. The summed E-state index contributed by atoms with van der Waals surface area (Å²) >= 11 is 2.70. The van der Waals surface area contributed by atoms with Gasteiger partial charge >= 0.3 is 0 Å². The van der Waals surface area contributed by atoms with Crippen LogP contribution in [-0.2, 0) is 9.59 Å². The topological polar surface area (TPSA) is 106 Å². The fraction of sp³-hybridized carbons (Fsp3) is 0.167.